The minimum Gasteiger partial charge on any atom is -0.508 e. The first-order valence-electron chi connectivity index (χ1n) is 7.40. The third-order valence-electron chi connectivity index (χ3n) is 4.09. The lowest BCUT2D eigenvalue weighted by Crippen LogP contribution is -2.06. The third-order valence-corrected chi connectivity index (χ3v) is 4.09. The topological polar surface area (TPSA) is 40.5 Å². The van der Waals surface area contributed by atoms with Crippen LogP contribution in [0.1, 0.15) is 59.3 Å². The molecule has 2 N–H and O–H groups in total. The standard InChI is InChI=1S/C19H24O2/c1-11(2)17-10-15(7-6-12(17)3)19(21)18-13(4)8-16(20)9-14(18)5/h6-11,19-21H,1-5H3. The van der Waals surface area contributed by atoms with Gasteiger partial charge >= 0.3 is 0 Å². The van der Waals surface area contributed by atoms with Crippen LogP contribution in [0.15, 0.2) is 30.3 Å². The van der Waals surface area contributed by atoms with E-state index in [9.17, 15) is 10.2 Å². The summed E-state index contributed by atoms with van der Waals surface area (Å²) in [5.41, 5.74) is 6.12. The first-order valence-corrected chi connectivity index (χ1v) is 7.40. The predicted molar refractivity (Wildman–Crippen MR) is 86.9 cm³/mol. The molecule has 112 valence electrons. The van der Waals surface area contributed by atoms with Crippen LogP contribution in [-0.2, 0) is 0 Å². The molecule has 0 bridgehead atoms. The smallest absolute Gasteiger partial charge is 0.116 e. The summed E-state index contributed by atoms with van der Waals surface area (Å²) in [6, 6.07) is 9.54. The van der Waals surface area contributed by atoms with Crippen molar-refractivity contribution < 1.29 is 10.2 Å². The van der Waals surface area contributed by atoms with E-state index < -0.39 is 6.10 Å². The zero-order valence-electron chi connectivity index (χ0n) is 13.4. The molecule has 0 heterocycles. The molecule has 1 unspecified atom stereocenters. The van der Waals surface area contributed by atoms with Gasteiger partial charge in [-0.2, -0.15) is 0 Å². The van der Waals surface area contributed by atoms with Crippen molar-refractivity contribution in [2.24, 2.45) is 0 Å². The summed E-state index contributed by atoms with van der Waals surface area (Å²) in [6.45, 7) is 10.3. The van der Waals surface area contributed by atoms with E-state index in [0.29, 0.717) is 5.92 Å². The van der Waals surface area contributed by atoms with Gasteiger partial charge in [-0.05, 0) is 72.2 Å². The molecule has 0 aromatic heterocycles. The van der Waals surface area contributed by atoms with Gasteiger partial charge in [0, 0.05) is 0 Å². The van der Waals surface area contributed by atoms with E-state index in [2.05, 4.69) is 32.9 Å². The van der Waals surface area contributed by atoms with Crippen LogP contribution in [0.3, 0.4) is 0 Å². The minimum absolute atomic E-state index is 0.243. The largest absolute Gasteiger partial charge is 0.508 e. The Labute approximate surface area is 127 Å². The number of aliphatic hydroxyl groups is 1. The van der Waals surface area contributed by atoms with E-state index in [4.69, 9.17) is 0 Å². The highest BCUT2D eigenvalue weighted by molar-refractivity contribution is 5.46. The Bertz CT molecular complexity index is 634. The fraction of sp³-hybridized carbons (Fsp3) is 0.368. The molecule has 0 aliphatic carbocycles. The highest BCUT2D eigenvalue weighted by atomic mass is 16.3. The number of phenols is 1. The van der Waals surface area contributed by atoms with Crippen molar-refractivity contribution in [3.8, 4) is 5.75 Å². The van der Waals surface area contributed by atoms with Gasteiger partial charge in [0.2, 0.25) is 0 Å². The summed E-state index contributed by atoms with van der Waals surface area (Å²) in [6.07, 6.45) is -0.663. The van der Waals surface area contributed by atoms with Gasteiger partial charge in [0.15, 0.2) is 0 Å². The van der Waals surface area contributed by atoms with E-state index >= 15 is 0 Å². The van der Waals surface area contributed by atoms with Gasteiger partial charge < -0.3 is 10.2 Å². The van der Waals surface area contributed by atoms with Gasteiger partial charge in [-0.1, -0.05) is 32.0 Å². The summed E-state index contributed by atoms with van der Waals surface area (Å²) in [4.78, 5) is 0. The molecule has 0 fully saturated rings. The van der Waals surface area contributed by atoms with E-state index in [0.717, 1.165) is 22.3 Å². The van der Waals surface area contributed by atoms with Crippen LogP contribution >= 0.6 is 0 Å². The number of aromatic hydroxyl groups is 1. The van der Waals surface area contributed by atoms with Crippen LogP contribution in [0.5, 0.6) is 5.75 Å². The molecule has 0 radical (unpaired) electrons. The normalized spacial score (nSPS) is 12.7. The summed E-state index contributed by atoms with van der Waals surface area (Å²) in [5.74, 6) is 0.673. The SMILES string of the molecule is Cc1ccc(C(O)c2c(C)cc(O)cc2C)cc1C(C)C. The van der Waals surface area contributed by atoms with Crippen LogP contribution in [0.4, 0.5) is 0 Å². The number of phenolic OH excluding ortho intramolecular Hbond substituents is 1. The van der Waals surface area contributed by atoms with Gasteiger partial charge in [0.25, 0.3) is 0 Å². The Hall–Kier alpha value is -1.80. The Kier molecular flexibility index (Phi) is 4.38. The molecule has 0 saturated carbocycles. The van der Waals surface area contributed by atoms with Gasteiger partial charge in [-0.15, -0.1) is 0 Å². The van der Waals surface area contributed by atoms with E-state index in [1.807, 2.05) is 19.9 Å². The van der Waals surface area contributed by atoms with Crippen LogP contribution < -0.4 is 0 Å². The number of aryl methyl sites for hydroxylation is 3. The van der Waals surface area contributed by atoms with Crippen molar-refractivity contribution >= 4 is 0 Å². The van der Waals surface area contributed by atoms with Crippen molar-refractivity contribution in [2.75, 3.05) is 0 Å². The summed E-state index contributed by atoms with van der Waals surface area (Å²) >= 11 is 0. The molecule has 2 nitrogen and oxygen atoms in total. The fourth-order valence-electron chi connectivity index (χ4n) is 3.00. The second kappa shape index (κ2) is 5.90. The third kappa shape index (κ3) is 3.11. The first kappa shape index (κ1) is 15.6. The number of rotatable bonds is 3. The molecule has 2 rings (SSSR count). The second-order valence-corrected chi connectivity index (χ2v) is 6.17. The van der Waals surface area contributed by atoms with E-state index in [-0.39, 0.29) is 5.75 Å². The lowest BCUT2D eigenvalue weighted by molar-refractivity contribution is 0.218. The Morgan fingerprint density at radius 1 is 0.857 bits per heavy atom. The maximum absolute atomic E-state index is 10.8. The van der Waals surface area contributed by atoms with Gasteiger partial charge in [-0.3, -0.25) is 0 Å². The molecule has 0 saturated heterocycles. The van der Waals surface area contributed by atoms with Crippen LogP contribution in [0.25, 0.3) is 0 Å². The number of hydrogen-bond acceptors (Lipinski definition) is 2. The maximum atomic E-state index is 10.8. The number of aliphatic hydroxyl groups excluding tert-OH is 1. The minimum atomic E-state index is -0.663. The average molecular weight is 284 g/mol. The highest BCUT2D eigenvalue weighted by Gasteiger charge is 2.17. The summed E-state index contributed by atoms with van der Waals surface area (Å²) in [7, 11) is 0. The molecular formula is C19H24O2. The lowest BCUT2D eigenvalue weighted by Gasteiger charge is -2.20. The zero-order valence-corrected chi connectivity index (χ0v) is 13.4. The van der Waals surface area contributed by atoms with Crippen molar-refractivity contribution in [1.82, 2.24) is 0 Å². The average Bonchev–Trinajstić information content (AvgIpc) is 2.37. The Balaban J connectivity index is 2.50. The first-order chi connectivity index (χ1) is 9.81. The van der Waals surface area contributed by atoms with Gasteiger partial charge in [0.1, 0.15) is 11.9 Å². The number of benzene rings is 2. The fourth-order valence-corrected chi connectivity index (χ4v) is 3.00. The molecule has 2 heteroatoms. The highest BCUT2D eigenvalue weighted by Crippen LogP contribution is 2.32. The summed E-state index contributed by atoms with van der Waals surface area (Å²) in [5, 5.41) is 20.4. The Morgan fingerprint density at radius 3 is 1.95 bits per heavy atom. The quantitative estimate of drug-likeness (QED) is 0.869. The predicted octanol–water partition coefficient (Wildman–Crippen LogP) is 4.52. The van der Waals surface area contributed by atoms with E-state index in [1.165, 1.54) is 11.1 Å². The molecule has 1 atom stereocenters. The summed E-state index contributed by atoms with van der Waals surface area (Å²) < 4.78 is 0. The van der Waals surface area contributed by atoms with Crippen LogP contribution in [0, 0.1) is 20.8 Å². The zero-order chi connectivity index (χ0) is 15.7. The second-order valence-electron chi connectivity index (χ2n) is 6.17. The van der Waals surface area contributed by atoms with E-state index in [1.54, 1.807) is 12.1 Å². The molecule has 0 aliphatic heterocycles. The maximum Gasteiger partial charge on any atom is 0.116 e. The molecule has 21 heavy (non-hydrogen) atoms. The molecule has 2 aromatic carbocycles. The Morgan fingerprint density at radius 2 is 1.43 bits per heavy atom. The van der Waals surface area contributed by atoms with Crippen molar-refractivity contribution in [3.05, 3.63) is 63.7 Å². The molecular weight excluding hydrogens is 260 g/mol. The molecule has 0 aliphatic rings. The van der Waals surface area contributed by atoms with Crippen molar-refractivity contribution in [1.29, 1.82) is 0 Å². The van der Waals surface area contributed by atoms with Crippen molar-refractivity contribution in [3.63, 3.8) is 0 Å². The molecule has 2 aromatic rings. The monoisotopic (exact) mass is 284 g/mol. The van der Waals surface area contributed by atoms with Gasteiger partial charge in [-0.25, -0.2) is 0 Å². The number of hydrogen-bond donors (Lipinski definition) is 2. The molecule has 0 spiro atoms. The van der Waals surface area contributed by atoms with Crippen LogP contribution in [0.2, 0.25) is 0 Å². The van der Waals surface area contributed by atoms with Crippen molar-refractivity contribution in [2.45, 2.75) is 46.6 Å². The lowest BCUT2D eigenvalue weighted by atomic mass is 9.89. The van der Waals surface area contributed by atoms with Gasteiger partial charge in [0.05, 0.1) is 0 Å². The molecule has 0 amide bonds. The van der Waals surface area contributed by atoms with Crippen LogP contribution in [-0.4, -0.2) is 10.2 Å².